The number of phosphoric ester groups is 2. The summed E-state index contributed by atoms with van der Waals surface area (Å²) in [6, 6.07) is 0. The van der Waals surface area contributed by atoms with E-state index in [1.807, 2.05) is 0 Å². The Morgan fingerprint density at radius 2 is 0.505 bits per heavy atom. The van der Waals surface area contributed by atoms with Gasteiger partial charge >= 0.3 is 39.5 Å². The maximum absolute atomic E-state index is 13.0. The molecular formula is C72H140O17P2. The Labute approximate surface area is 556 Å². The number of carbonyl (C=O) groups excluding carboxylic acids is 4. The molecule has 17 nitrogen and oxygen atoms in total. The number of aliphatic hydroxyl groups excluding tert-OH is 1. The molecule has 0 spiro atoms. The zero-order chi connectivity index (χ0) is 67.2. The van der Waals surface area contributed by atoms with E-state index in [1.165, 1.54) is 180 Å². The van der Waals surface area contributed by atoms with Crippen molar-refractivity contribution in [2.45, 2.75) is 387 Å². The van der Waals surface area contributed by atoms with Gasteiger partial charge in [-0.3, -0.25) is 37.3 Å². The van der Waals surface area contributed by atoms with Crippen LogP contribution in [0.15, 0.2) is 0 Å². The van der Waals surface area contributed by atoms with Gasteiger partial charge in [0, 0.05) is 25.7 Å². The molecule has 0 bridgehead atoms. The maximum Gasteiger partial charge on any atom is 0.472 e. The van der Waals surface area contributed by atoms with E-state index in [4.69, 9.17) is 37.0 Å². The summed E-state index contributed by atoms with van der Waals surface area (Å²) in [7, 11) is -9.90. The summed E-state index contributed by atoms with van der Waals surface area (Å²) < 4.78 is 68.2. The topological polar surface area (TPSA) is 237 Å². The molecule has 0 radical (unpaired) electrons. The second-order valence-corrected chi connectivity index (χ2v) is 29.8. The quantitative estimate of drug-likeness (QED) is 0.0222. The monoisotopic (exact) mass is 1340 g/mol. The van der Waals surface area contributed by atoms with Gasteiger partial charge in [-0.1, -0.05) is 318 Å². The summed E-state index contributed by atoms with van der Waals surface area (Å²) in [6.07, 6.45) is 50.3. The van der Waals surface area contributed by atoms with E-state index in [-0.39, 0.29) is 25.7 Å². The number of hydrogen-bond donors (Lipinski definition) is 3. The SMILES string of the molecule is CCCCCCCCCCCCCCCCCCCCCCCC(=O)O[C@H](COC(=O)CCCCCCCCCCC(C)C)COP(=O)(O)OC[C@@H](O)COP(=O)(O)OC[C@@H](COC(=O)CCCCCCCCC(C)C)OC(=O)CCCCCCCCCCCC. The fraction of sp³-hybridized carbons (Fsp3) is 0.944. The molecular weight excluding hydrogens is 1200 g/mol. The van der Waals surface area contributed by atoms with Crippen molar-refractivity contribution in [1.82, 2.24) is 0 Å². The Hall–Kier alpha value is -1.94. The zero-order valence-corrected chi connectivity index (χ0v) is 60.9. The first kappa shape index (κ1) is 89.1. The Morgan fingerprint density at radius 3 is 0.747 bits per heavy atom. The van der Waals surface area contributed by atoms with Crippen LogP contribution in [0, 0.1) is 11.8 Å². The van der Waals surface area contributed by atoms with Crippen LogP contribution in [0.4, 0.5) is 0 Å². The van der Waals surface area contributed by atoms with Crippen LogP contribution in [-0.2, 0) is 65.4 Å². The standard InChI is InChI=1S/C72H140O17P2/c1-7-9-11-13-15-17-19-20-21-22-23-24-25-26-27-28-29-31-37-45-51-57-72(77)88-67(60-82-69(74)54-48-42-35-33-32-34-40-46-52-64(3)4)62-86-90(78,79)84-58-66(73)59-85-91(80,81)87-63-68(61-83-70(75)55-49-43-39-38-41-47-53-65(5)6)89-71(76)56-50-44-36-30-18-16-14-12-10-8-2/h64-68,73H,7-63H2,1-6H3,(H,78,79)(H,80,81)/t66-,67-,68-/m1/s1. The number of esters is 4. The third-order valence-electron chi connectivity index (χ3n) is 16.7. The predicted molar refractivity (Wildman–Crippen MR) is 368 cm³/mol. The van der Waals surface area contributed by atoms with Crippen molar-refractivity contribution in [2.24, 2.45) is 11.8 Å². The van der Waals surface area contributed by atoms with Crippen molar-refractivity contribution in [2.75, 3.05) is 39.6 Å². The Balaban J connectivity index is 5.15. The average molecular weight is 1340 g/mol. The minimum Gasteiger partial charge on any atom is -0.462 e. The third-order valence-corrected chi connectivity index (χ3v) is 18.6. The highest BCUT2D eigenvalue weighted by Gasteiger charge is 2.30. The van der Waals surface area contributed by atoms with Crippen LogP contribution in [0.3, 0.4) is 0 Å². The lowest BCUT2D eigenvalue weighted by Gasteiger charge is -2.21. The minimum atomic E-state index is -4.95. The summed E-state index contributed by atoms with van der Waals surface area (Å²) in [5, 5.41) is 10.6. The van der Waals surface area contributed by atoms with Crippen LogP contribution in [0.5, 0.6) is 0 Å². The van der Waals surface area contributed by atoms with Gasteiger partial charge in [-0.25, -0.2) is 9.13 Å². The first-order chi connectivity index (χ1) is 43.9. The molecule has 0 saturated heterocycles. The van der Waals surface area contributed by atoms with Crippen molar-refractivity contribution >= 4 is 39.5 Å². The van der Waals surface area contributed by atoms with Crippen LogP contribution in [0.2, 0.25) is 0 Å². The smallest absolute Gasteiger partial charge is 0.462 e. The first-order valence-electron chi connectivity index (χ1n) is 37.5. The molecule has 0 amide bonds. The molecule has 2 unspecified atom stereocenters. The van der Waals surface area contributed by atoms with Crippen LogP contribution in [0.1, 0.15) is 369 Å². The lowest BCUT2D eigenvalue weighted by atomic mass is 10.0. The summed E-state index contributed by atoms with van der Waals surface area (Å²) in [4.78, 5) is 72.5. The largest absolute Gasteiger partial charge is 0.472 e. The van der Waals surface area contributed by atoms with Gasteiger partial charge < -0.3 is 33.8 Å². The average Bonchev–Trinajstić information content (AvgIpc) is 3.62. The van der Waals surface area contributed by atoms with E-state index in [0.717, 1.165) is 102 Å². The number of rotatable bonds is 71. The van der Waals surface area contributed by atoms with E-state index >= 15 is 0 Å². The van der Waals surface area contributed by atoms with E-state index in [0.29, 0.717) is 31.6 Å². The van der Waals surface area contributed by atoms with Gasteiger partial charge in [-0.15, -0.1) is 0 Å². The molecule has 0 aromatic rings. The Kier molecular flexibility index (Phi) is 62.7. The van der Waals surface area contributed by atoms with E-state index in [1.54, 1.807) is 0 Å². The maximum atomic E-state index is 13.0. The molecule has 0 heterocycles. The van der Waals surface area contributed by atoms with Crippen molar-refractivity contribution in [3.05, 3.63) is 0 Å². The van der Waals surface area contributed by atoms with Crippen LogP contribution < -0.4 is 0 Å². The fourth-order valence-electron chi connectivity index (χ4n) is 10.9. The van der Waals surface area contributed by atoms with Crippen molar-refractivity contribution in [3.63, 3.8) is 0 Å². The molecule has 540 valence electrons. The normalized spacial score (nSPS) is 14.1. The molecule has 5 atom stereocenters. The minimum absolute atomic E-state index is 0.105. The summed E-state index contributed by atoms with van der Waals surface area (Å²) in [6.45, 7) is 9.43. The van der Waals surface area contributed by atoms with Gasteiger partial charge in [0.1, 0.15) is 19.3 Å². The number of phosphoric acid groups is 2. The number of carbonyl (C=O) groups is 4. The Bertz CT molecular complexity index is 1770. The third kappa shape index (κ3) is 66.5. The van der Waals surface area contributed by atoms with Crippen molar-refractivity contribution in [3.8, 4) is 0 Å². The van der Waals surface area contributed by atoms with Gasteiger partial charge in [0.05, 0.1) is 26.4 Å². The lowest BCUT2D eigenvalue weighted by molar-refractivity contribution is -0.161. The molecule has 0 aromatic carbocycles. The van der Waals surface area contributed by atoms with Crippen molar-refractivity contribution in [1.29, 1.82) is 0 Å². The molecule has 0 aromatic heterocycles. The number of aliphatic hydroxyl groups is 1. The van der Waals surface area contributed by atoms with Gasteiger partial charge in [0.25, 0.3) is 0 Å². The summed E-state index contributed by atoms with van der Waals surface area (Å²) >= 11 is 0. The lowest BCUT2D eigenvalue weighted by Crippen LogP contribution is -2.30. The molecule has 3 N–H and O–H groups in total. The molecule has 0 aliphatic rings. The molecule has 0 aliphatic carbocycles. The Morgan fingerprint density at radius 1 is 0.297 bits per heavy atom. The van der Waals surface area contributed by atoms with Crippen LogP contribution >= 0.6 is 15.6 Å². The first-order valence-corrected chi connectivity index (χ1v) is 40.5. The number of hydrogen-bond acceptors (Lipinski definition) is 15. The van der Waals surface area contributed by atoms with Gasteiger partial charge in [-0.2, -0.15) is 0 Å². The fourth-order valence-corrected chi connectivity index (χ4v) is 12.5. The van der Waals surface area contributed by atoms with E-state index < -0.39 is 97.5 Å². The molecule has 91 heavy (non-hydrogen) atoms. The molecule has 0 aliphatic heterocycles. The molecule has 0 rings (SSSR count). The second-order valence-electron chi connectivity index (χ2n) is 26.9. The van der Waals surface area contributed by atoms with Crippen molar-refractivity contribution < 1.29 is 80.2 Å². The second kappa shape index (κ2) is 64.1. The molecule has 0 saturated carbocycles. The number of unbranched alkanes of at least 4 members (excludes halogenated alkanes) is 41. The predicted octanol–water partition coefficient (Wildman–Crippen LogP) is 20.8. The van der Waals surface area contributed by atoms with Gasteiger partial charge in [-0.05, 0) is 37.5 Å². The number of ether oxygens (including phenoxy) is 4. The van der Waals surface area contributed by atoms with E-state index in [2.05, 4.69) is 41.5 Å². The summed E-state index contributed by atoms with van der Waals surface area (Å²) in [5.74, 6) is -0.720. The highest BCUT2D eigenvalue weighted by atomic mass is 31.2. The summed E-state index contributed by atoms with van der Waals surface area (Å²) in [5.41, 5.74) is 0. The van der Waals surface area contributed by atoms with E-state index in [9.17, 15) is 43.2 Å². The highest BCUT2D eigenvalue weighted by molar-refractivity contribution is 7.47. The highest BCUT2D eigenvalue weighted by Crippen LogP contribution is 2.45. The molecule has 19 heteroatoms. The van der Waals surface area contributed by atoms with Crippen LogP contribution in [-0.4, -0.2) is 96.7 Å². The molecule has 0 fully saturated rings. The van der Waals surface area contributed by atoms with Gasteiger partial charge in [0.15, 0.2) is 12.2 Å². The van der Waals surface area contributed by atoms with Gasteiger partial charge in [0.2, 0.25) is 0 Å². The van der Waals surface area contributed by atoms with Crippen LogP contribution in [0.25, 0.3) is 0 Å². The zero-order valence-electron chi connectivity index (χ0n) is 59.1.